The van der Waals surface area contributed by atoms with Gasteiger partial charge < -0.3 is 14.4 Å². The standard InChI is InChI=1S/C18H24BrNO3/c1-18(2,3)23-17(21)20-8-9-22-16(11-20)13-6-7-14(12-4-5-12)15(19)10-13/h6-7,10,12,16H,4-5,8-9,11H2,1-3H3. The minimum Gasteiger partial charge on any atom is -0.444 e. The van der Waals surface area contributed by atoms with Crippen LogP contribution in [0, 0.1) is 0 Å². The molecule has 2 fully saturated rings. The molecule has 2 aliphatic rings. The zero-order valence-corrected chi connectivity index (χ0v) is 15.6. The van der Waals surface area contributed by atoms with Crippen molar-refractivity contribution in [3.05, 3.63) is 33.8 Å². The fraction of sp³-hybridized carbons (Fsp3) is 0.611. The molecular formula is C18H24BrNO3. The molecule has 1 aromatic carbocycles. The number of rotatable bonds is 2. The third kappa shape index (κ3) is 4.27. The molecule has 23 heavy (non-hydrogen) atoms. The van der Waals surface area contributed by atoms with Crippen LogP contribution in [-0.4, -0.2) is 36.3 Å². The minimum absolute atomic E-state index is 0.0965. The van der Waals surface area contributed by atoms with E-state index in [9.17, 15) is 4.79 Å². The quantitative estimate of drug-likeness (QED) is 0.748. The molecule has 0 spiro atoms. The summed E-state index contributed by atoms with van der Waals surface area (Å²) in [6.45, 7) is 7.30. The molecule has 3 rings (SSSR count). The highest BCUT2D eigenvalue weighted by atomic mass is 79.9. The van der Waals surface area contributed by atoms with Gasteiger partial charge in [-0.1, -0.05) is 28.1 Å². The number of carbonyl (C=O) groups is 1. The average molecular weight is 382 g/mol. The van der Waals surface area contributed by atoms with Gasteiger partial charge in [-0.25, -0.2) is 4.79 Å². The van der Waals surface area contributed by atoms with E-state index in [1.165, 1.54) is 18.4 Å². The van der Waals surface area contributed by atoms with Crippen molar-refractivity contribution in [3.63, 3.8) is 0 Å². The molecule has 0 N–H and O–H groups in total. The summed E-state index contributed by atoms with van der Waals surface area (Å²) in [6, 6.07) is 6.45. The van der Waals surface area contributed by atoms with Crippen molar-refractivity contribution in [2.45, 2.75) is 51.2 Å². The van der Waals surface area contributed by atoms with Crippen LogP contribution in [-0.2, 0) is 9.47 Å². The Balaban J connectivity index is 1.68. The van der Waals surface area contributed by atoms with Crippen molar-refractivity contribution in [3.8, 4) is 0 Å². The first kappa shape index (κ1) is 16.8. The highest BCUT2D eigenvalue weighted by molar-refractivity contribution is 9.10. The maximum atomic E-state index is 12.2. The summed E-state index contributed by atoms with van der Waals surface area (Å²) in [4.78, 5) is 14.0. The minimum atomic E-state index is -0.472. The van der Waals surface area contributed by atoms with E-state index >= 15 is 0 Å². The number of nitrogens with zero attached hydrogens (tertiary/aromatic N) is 1. The van der Waals surface area contributed by atoms with Crippen molar-refractivity contribution < 1.29 is 14.3 Å². The average Bonchev–Trinajstić information content (AvgIpc) is 3.30. The molecule has 1 atom stereocenters. The van der Waals surface area contributed by atoms with Crippen molar-refractivity contribution >= 4 is 22.0 Å². The predicted octanol–water partition coefficient (Wildman–Crippen LogP) is 4.63. The van der Waals surface area contributed by atoms with E-state index in [4.69, 9.17) is 9.47 Å². The summed E-state index contributed by atoms with van der Waals surface area (Å²) in [5.41, 5.74) is 2.02. The van der Waals surface area contributed by atoms with Crippen LogP contribution in [0.2, 0.25) is 0 Å². The fourth-order valence-electron chi connectivity index (χ4n) is 2.81. The Bertz CT molecular complexity index is 592. The van der Waals surface area contributed by atoms with Crippen LogP contribution in [0.5, 0.6) is 0 Å². The Labute approximate surface area is 146 Å². The molecule has 5 heteroatoms. The van der Waals surface area contributed by atoms with E-state index in [-0.39, 0.29) is 12.2 Å². The third-order valence-corrected chi connectivity index (χ3v) is 4.82. The molecule has 1 aromatic rings. The highest BCUT2D eigenvalue weighted by Crippen LogP contribution is 2.44. The van der Waals surface area contributed by atoms with Crippen molar-refractivity contribution in [2.75, 3.05) is 19.7 Å². The third-order valence-electron chi connectivity index (χ3n) is 4.13. The van der Waals surface area contributed by atoms with Crippen molar-refractivity contribution in [1.29, 1.82) is 0 Å². The predicted molar refractivity (Wildman–Crippen MR) is 92.6 cm³/mol. The topological polar surface area (TPSA) is 38.8 Å². The van der Waals surface area contributed by atoms with Crippen LogP contribution >= 0.6 is 15.9 Å². The number of hydrogen-bond acceptors (Lipinski definition) is 3. The van der Waals surface area contributed by atoms with Gasteiger partial charge in [0, 0.05) is 11.0 Å². The van der Waals surface area contributed by atoms with E-state index in [0.717, 1.165) is 10.0 Å². The van der Waals surface area contributed by atoms with Crippen LogP contribution in [0.15, 0.2) is 22.7 Å². The molecule has 1 aliphatic carbocycles. The Kier molecular flexibility index (Phi) is 4.70. The Morgan fingerprint density at radius 1 is 1.35 bits per heavy atom. The van der Waals surface area contributed by atoms with Crippen LogP contribution in [0.1, 0.15) is 56.8 Å². The molecule has 4 nitrogen and oxygen atoms in total. The zero-order chi connectivity index (χ0) is 16.6. The Morgan fingerprint density at radius 3 is 2.70 bits per heavy atom. The number of benzene rings is 1. The molecule has 1 unspecified atom stereocenters. The lowest BCUT2D eigenvalue weighted by atomic mass is 10.0. The fourth-order valence-corrected chi connectivity index (χ4v) is 3.53. The van der Waals surface area contributed by atoms with Gasteiger partial charge in [0.05, 0.1) is 13.2 Å². The molecule has 1 saturated carbocycles. The summed E-state index contributed by atoms with van der Waals surface area (Å²) in [5.74, 6) is 0.712. The molecule has 1 amide bonds. The zero-order valence-electron chi connectivity index (χ0n) is 14.0. The highest BCUT2D eigenvalue weighted by Gasteiger charge is 2.30. The molecule has 0 bridgehead atoms. The van der Waals surface area contributed by atoms with Gasteiger partial charge in [-0.3, -0.25) is 0 Å². The summed E-state index contributed by atoms with van der Waals surface area (Å²) in [7, 11) is 0. The lowest BCUT2D eigenvalue weighted by molar-refractivity contribution is -0.0433. The SMILES string of the molecule is CC(C)(C)OC(=O)N1CCOC(c2ccc(C3CC3)c(Br)c2)C1. The summed E-state index contributed by atoms with van der Waals surface area (Å²) in [6.07, 6.45) is 2.20. The van der Waals surface area contributed by atoms with Crippen molar-refractivity contribution in [2.24, 2.45) is 0 Å². The van der Waals surface area contributed by atoms with Crippen LogP contribution in [0.3, 0.4) is 0 Å². The number of amides is 1. The normalized spacial score (nSPS) is 22.1. The van der Waals surface area contributed by atoms with Crippen LogP contribution < -0.4 is 0 Å². The Morgan fingerprint density at radius 2 is 2.09 bits per heavy atom. The number of carbonyl (C=O) groups excluding carboxylic acids is 1. The van der Waals surface area contributed by atoms with Gasteiger partial charge in [0.1, 0.15) is 11.7 Å². The second-order valence-corrected chi connectivity index (χ2v) is 8.20. The molecule has 0 radical (unpaired) electrons. The molecule has 126 valence electrons. The first-order valence-corrected chi connectivity index (χ1v) is 9.01. The van der Waals surface area contributed by atoms with Gasteiger partial charge >= 0.3 is 6.09 Å². The number of hydrogen-bond donors (Lipinski definition) is 0. The second kappa shape index (κ2) is 6.44. The lowest BCUT2D eigenvalue weighted by Crippen LogP contribution is -2.44. The Hall–Kier alpha value is -1.07. The molecular weight excluding hydrogens is 358 g/mol. The summed E-state index contributed by atoms with van der Waals surface area (Å²) < 4.78 is 12.5. The van der Waals surface area contributed by atoms with Gasteiger partial charge in [-0.15, -0.1) is 0 Å². The van der Waals surface area contributed by atoms with Gasteiger partial charge in [-0.05, 0) is 56.7 Å². The second-order valence-electron chi connectivity index (χ2n) is 7.34. The van der Waals surface area contributed by atoms with E-state index < -0.39 is 5.60 Å². The van der Waals surface area contributed by atoms with Crippen LogP contribution in [0.4, 0.5) is 4.79 Å². The maximum Gasteiger partial charge on any atom is 0.410 e. The molecule has 1 aliphatic heterocycles. The lowest BCUT2D eigenvalue weighted by Gasteiger charge is -2.34. The maximum absolute atomic E-state index is 12.2. The summed E-state index contributed by atoms with van der Waals surface area (Å²) >= 11 is 3.68. The van der Waals surface area contributed by atoms with Gasteiger partial charge in [0.15, 0.2) is 0 Å². The molecule has 1 heterocycles. The monoisotopic (exact) mass is 381 g/mol. The number of ether oxygens (including phenoxy) is 2. The molecule has 1 saturated heterocycles. The van der Waals surface area contributed by atoms with Gasteiger partial charge in [0.2, 0.25) is 0 Å². The van der Waals surface area contributed by atoms with Crippen LogP contribution in [0.25, 0.3) is 0 Å². The first-order chi connectivity index (χ1) is 10.8. The largest absolute Gasteiger partial charge is 0.444 e. The van der Waals surface area contributed by atoms with Crippen molar-refractivity contribution in [1.82, 2.24) is 4.90 Å². The van der Waals surface area contributed by atoms with Gasteiger partial charge in [-0.2, -0.15) is 0 Å². The van der Waals surface area contributed by atoms with E-state index in [1.54, 1.807) is 4.90 Å². The van der Waals surface area contributed by atoms with E-state index in [2.05, 4.69) is 34.1 Å². The molecule has 0 aromatic heterocycles. The summed E-state index contributed by atoms with van der Waals surface area (Å²) in [5, 5.41) is 0. The smallest absolute Gasteiger partial charge is 0.410 e. The van der Waals surface area contributed by atoms with Gasteiger partial charge in [0.25, 0.3) is 0 Å². The van der Waals surface area contributed by atoms with E-state index in [1.807, 2.05) is 20.8 Å². The number of morpholine rings is 1. The first-order valence-electron chi connectivity index (χ1n) is 8.22. The number of halogens is 1. The van der Waals surface area contributed by atoms with E-state index in [0.29, 0.717) is 25.6 Å².